The minimum absolute atomic E-state index is 0.211. The van der Waals surface area contributed by atoms with Crippen molar-refractivity contribution in [3.63, 3.8) is 0 Å². The molecular weight excluding hydrogens is 448 g/mol. The van der Waals surface area contributed by atoms with Crippen LogP contribution >= 0.6 is 11.6 Å². The van der Waals surface area contributed by atoms with Gasteiger partial charge in [0.25, 0.3) is 5.89 Å². The van der Waals surface area contributed by atoms with Crippen molar-refractivity contribution in [2.45, 2.75) is 26.3 Å². The summed E-state index contributed by atoms with van der Waals surface area (Å²) in [6.45, 7) is 4.01. The van der Waals surface area contributed by atoms with Gasteiger partial charge in [0.15, 0.2) is 0 Å². The monoisotopic (exact) mass is 470 g/mol. The minimum atomic E-state index is -0.432. The summed E-state index contributed by atoms with van der Waals surface area (Å²) in [4.78, 5) is 19.6. The molecule has 5 rings (SSSR count). The van der Waals surface area contributed by atoms with Gasteiger partial charge in [-0.15, -0.1) is 0 Å². The van der Waals surface area contributed by atoms with Crippen LogP contribution in [0.1, 0.15) is 36.9 Å². The third-order valence-electron chi connectivity index (χ3n) is 5.98. The van der Waals surface area contributed by atoms with Crippen LogP contribution in [0.5, 0.6) is 0 Å². The second-order valence-corrected chi connectivity index (χ2v) is 8.51. The molecule has 2 amide bonds. The number of aryl methyl sites for hydroxylation is 1. The number of allylic oxidation sites excluding steroid dienone is 1. The molecule has 1 aliphatic rings. The van der Waals surface area contributed by atoms with Crippen molar-refractivity contribution in [2.24, 2.45) is 0 Å². The lowest BCUT2D eigenvalue weighted by Crippen LogP contribution is -2.46. The van der Waals surface area contributed by atoms with Crippen molar-refractivity contribution in [3.05, 3.63) is 107 Å². The Morgan fingerprint density at radius 3 is 2.38 bits per heavy atom. The van der Waals surface area contributed by atoms with Crippen LogP contribution in [0.2, 0.25) is 5.02 Å². The molecule has 0 radical (unpaired) electrons. The van der Waals surface area contributed by atoms with Crippen molar-refractivity contribution in [1.82, 2.24) is 15.5 Å². The smallest absolute Gasteiger partial charge is 0.326 e. The van der Waals surface area contributed by atoms with Crippen LogP contribution < -0.4 is 10.2 Å². The van der Waals surface area contributed by atoms with E-state index in [2.05, 4.69) is 22.4 Å². The van der Waals surface area contributed by atoms with Gasteiger partial charge < -0.3 is 9.84 Å². The van der Waals surface area contributed by atoms with Crippen LogP contribution in [0.15, 0.2) is 89.1 Å². The number of amides is 2. The number of rotatable bonds is 5. The molecular formula is C27H23ClN4O2. The molecule has 2 heterocycles. The highest BCUT2D eigenvalue weighted by Crippen LogP contribution is 2.39. The maximum absolute atomic E-state index is 13.3. The highest BCUT2D eigenvalue weighted by molar-refractivity contribution is 6.30. The van der Waals surface area contributed by atoms with E-state index in [-0.39, 0.29) is 6.03 Å². The summed E-state index contributed by atoms with van der Waals surface area (Å²) < 4.78 is 5.74. The maximum atomic E-state index is 13.3. The van der Waals surface area contributed by atoms with Crippen LogP contribution in [0, 0.1) is 0 Å². The van der Waals surface area contributed by atoms with E-state index in [0.717, 1.165) is 34.5 Å². The van der Waals surface area contributed by atoms with E-state index in [1.165, 1.54) is 5.56 Å². The summed E-state index contributed by atoms with van der Waals surface area (Å²) in [5, 5.41) is 7.96. The van der Waals surface area contributed by atoms with E-state index in [1.54, 1.807) is 17.0 Å². The zero-order valence-electron chi connectivity index (χ0n) is 18.8. The first-order chi connectivity index (χ1) is 16.5. The van der Waals surface area contributed by atoms with Gasteiger partial charge in [0.1, 0.15) is 0 Å². The average molecular weight is 471 g/mol. The van der Waals surface area contributed by atoms with E-state index in [1.807, 2.05) is 73.7 Å². The zero-order valence-corrected chi connectivity index (χ0v) is 19.6. The van der Waals surface area contributed by atoms with Crippen LogP contribution in [-0.2, 0) is 6.42 Å². The quantitative estimate of drug-likeness (QED) is 0.354. The van der Waals surface area contributed by atoms with Crippen molar-refractivity contribution in [3.8, 4) is 11.4 Å². The first-order valence-electron chi connectivity index (χ1n) is 11.1. The number of carbonyl (C=O) groups excluding carboxylic acids is 1. The summed E-state index contributed by atoms with van der Waals surface area (Å²) in [6.07, 6.45) is 0.929. The van der Waals surface area contributed by atoms with Gasteiger partial charge in [0.05, 0.1) is 17.3 Å². The van der Waals surface area contributed by atoms with Gasteiger partial charge in [0, 0.05) is 16.3 Å². The first kappa shape index (κ1) is 21.9. The molecule has 0 saturated carbocycles. The van der Waals surface area contributed by atoms with E-state index in [0.29, 0.717) is 16.7 Å². The minimum Gasteiger partial charge on any atom is -0.334 e. The Bertz CT molecular complexity index is 1350. The summed E-state index contributed by atoms with van der Waals surface area (Å²) in [6, 6.07) is 24.4. The van der Waals surface area contributed by atoms with Gasteiger partial charge in [-0.2, -0.15) is 4.98 Å². The van der Waals surface area contributed by atoms with Gasteiger partial charge in [-0.25, -0.2) is 4.79 Å². The first-order valence-corrected chi connectivity index (χ1v) is 11.5. The number of aromatic nitrogens is 2. The predicted molar refractivity (Wildman–Crippen MR) is 133 cm³/mol. The molecule has 0 saturated heterocycles. The van der Waals surface area contributed by atoms with Gasteiger partial charge >= 0.3 is 6.03 Å². The lowest BCUT2D eigenvalue weighted by Gasteiger charge is -2.35. The Balaban J connectivity index is 1.63. The highest BCUT2D eigenvalue weighted by Gasteiger charge is 2.36. The van der Waals surface area contributed by atoms with Gasteiger partial charge in [-0.1, -0.05) is 66.1 Å². The lowest BCUT2D eigenvalue weighted by atomic mass is 9.94. The molecule has 0 spiro atoms. The number of nitrogens with zero attached hydrogens (tertiary/aromatic N) is 3. The van der Waals surface area contributed by atoms with Gasteiger partial charge in [-0.3, -0.25) is 4.90 Å². The summed E-state index contributed by atoms with van der Waals surface area (Å²) in [7, 11) is 0. The lowest BCUT2D eigenvalue weighted by molar-refractivity contribution is 0.244. The molecule has 1 aromatic heterocycles. The predicted octanol–water partition coefficient (Wildman–Crippen LogP) is 6.65. The number of anilines is 1. The fourth-order valence-corrected chi connectivity index (χ4v) is 4.28. The second kappa shape index (κ2) is 9.15. The van der Waals surface area contributed by atoms with Gasteiger partial charge in [0.2, 0.25) is 5.82 Å². The number of carbonyl (C=O) groups is 1. The molecule has 0 fully saturated rings. The molecule has 1 N–H and O–H groups in total. The van der Waals surface area contributed by atoms with Crippen LogP contribution in [-0.4, -0.2) is 16.2 Å². The van der Waals surface area contributed by atoms with Crippen molar-refractivity contribution in [2.75, 3.05) is 4.90 Å². The number of hydrogen-bond donors (Lipinski definition) is 1. The molecule has 1 aliphatic heterocycles. The maximum Gasteiger partial charge on any atom is 0.326 e. The number of nitrogens with one attached hydrogen (secondary N) is 1. The van der Waals surface area contributed by atoms with E-state index in [4.69, 9.17) is 16.1 Å². The Morgan fingerprint density at radius 1 is 1.00 bits per heavy atom. The molecule has 1 atom stereocenters. The number of halogens is 1. The third kappa shape index (κ3) is 4.08. The molecule has 7 heteroatoms. The summed E-state index contributed by atoms with van der Waals surface area (Å²) >= 11 is 6.02. The third-order valence-corrected chi connectivity index (χ3v) is 6.23. The number of benzene rings is 3. The zero-order chi connectivity index (χ0) is 23.7. The molecule has 1 unspecified atom stereocenters. The standard InChI is InChI=1S/C27H23ClN4O2/c1-3-18-9-15-22(16-10-18)32-17(2)23(24(29-27(32)33)19-7-5-4-6-8-19)26-30-25(31-34-26)20-11-13-21(28)14-12-20/h4-16,24H,3H2,1-2H3,(H,29,33). The van der Waals surface area contributed by atoms with E-state index in [9.17, 15) is 4.79 Å². The molecule has 4 aromatic rings. The van der Waals surface area contributed by atoms with Gasteiger partial charge in [-0.05, 0) is 60.9 Å². The average Bonchev–Trinajstić information content (AvgIpc) is 3.35. The Hall–Kier alpha value is -3.90. The molecule has 3 aromatic carbocycles. The normalized spacial score (nSPS) is 16.0. The molecule has 34 heavy (non-hydrogen) atoms. The molecule has 0 aliphatic carbocycles. The largest absolute Gasteiger partial charge is 0.334 e. The number of urea groups is 1. The second-order valence-electron chi connectivity index (χ2n) is 8.08. The summed E-state index contributed by atoms with van der Waals surface area (Å²) in [5.74, 6) is 0.806. The van der Waals surface area contributed by atoms with Crippen molar-refractivity contribution >= 4 is 28.9 Å². The van der Waals surface area contributed by atoms with Crippen LogP contribution in [0.3, 0.4) is 0 Å². The SMILES string of the molecule is CCc1ccc(N2C(=O)NC(c3ccccc3)C(c3nc(-c4ccc(Cl)cc4)no3)=C2C)cc1. The Labute approximate surface area is 202 Å². The fourth-order valence-electron chi connectivity index (χ4n) is 4.16. The fraction of sp³-hybridized carbons (Fsp3) is 0.148. The topological polar surface area (TPSA) is 71.3 Å². The number of hydrogen-bond acceptors (Lipinski definition) is 4. The molecule has 6 nitrogen and oxygen atoms in total. The molecule has 0 bridgehead atoms. The van der Waals surface area contributed by atoms with E-state index < -0.39 is 6.04 Å². The van der Waals surface area contributed by atoms with Crippen LogP contribution in [0.25, 0.3) is 17.0 Å². The molecule has 170 valence electrons. The van der Waals surface area contributed by atoms with Crippen molar-refractivity contribution in [1.29, 1.82) is 0 Å². The Kier molecular flexibility index (Phi) is 5.90. The van der Waals surface area contributed by atoms with Crippen LogP contribution in [0.4, 0.5) is 10.5 Å². The summed E-state index contributed by atoms with van der Waals surface area (Å²) in [5.41, 5.74) is 5.17. The van der Waals surface area contributed by atoms with E-state index >= 15 is 0 Å². The highest BCUT2D eigenvalue weighted by atomic mass is 35.5. The van der Waals surface area contributed by atoms with Crippen molar-refractivity contribution < 1.29 is 9.32 Å². The Morgan fingerprint density at radius 2 is 1.71 bits per heavy atom.